The predicted molar refractivity (Wildman–Crippen MR) is 74.5 cm³/mol. The Hall–Kier alpha value is -2.05. The number of halogens is 1. The predicted octanol–water partition coefficient (Wildman–Crippen LogP) is 2.76. The number of nitrogens with two attached hydrogens (primary N) is 1. The normalized spacial score (nSPS) is 11.1. The van der Waals surface area contributed by atoms with Gasteiger partial charge in [0.2, 0.25) is 5.78 Å². The van der Waals surface area contributed by atoms with Crippen LogP contribution in [0.1, 0.15) is 21.3 Å². The molecule has 6 heteroatoms. The van der Waals surface area contributed by atoms with Gasteiger partial charge in [0.15, 0.2) is 5.76 Å². The third-order valence-corrected chi connectivity index (χ3v) is 3.75. The zero-order valence-corrected chi connectivity index (χ0v) is 11.2. The lowest BCUT2D eigenvalue weighted by molar-refractivity contribution is 0.101. The number of rotatable bonds is 4. The Labute approximate surface area is 118 Å². The second-order valence-corrected chi connectivity index (χ2v) is 5.23. The van der Waals surface area contributed by atoms with Crippen molar-refractivity contribution in [1.29, 1.82) is 0 Å². The van der Waals surface area contributed by atoms with E-state index < -0.39 is 0 Å². The van der Waals surface area contributed by atoms with E-state index in [2.05, 4.69) is 4.98 Å². The van der Waals surface area contributed by atoms with Gasteiger partial charge in [-0.3, -0.25) is 4.79 Å². The summed E-state index contributed by atoms with van der Waals surface area (Å²) in [5, 5.41) is 3.06. The first kappa shape index (κ1) is 13.0. The van der Waals surface area contributed by atoms with Crippen LogP contribution < -0.4 is 5.73 Å². The molecule has 0 amide bonds. The van der Waals surface area contributed by atoms with Gasteiger partial charge in [-0.25, -0.2) is 9.37 Å². The average Bonchev–Trinajstić information content (AvgIpc) is 3.04. The summed E-state index contributed by atoms with van der Waals surface area (Å²) in [7, 11) is 0. The van der Waals surface area contributed by atoms with Crippen molar-refractivity contribution in [3.63, 3.8) is 0 Å². The minimum absolute atomic E-state index is 0.162. The molecule has 0 atom stereocenters. The fraction of sp³-hybridized carbons (Fsp3) is 0.143. The summed E-state index contributed by atoms with van der Waals surface area (Å²) in [6.07, 6.45) is 0.642. The van der Waals surface area contributed by atoms with Crippen LogP contribution in [0.25, 0.3) is 11.0 Å². The van der Waals surface area contributed by atoms with Crippen molar-refractivity contribution < 1.29 is 13.6 Å². The first-order valence-corrected chi connectivity index (χ1v) is 6.93. The summed E-state index contributed by atoms with van der Waals surface area (Å²) < 4.78 is 18.5. The van der Waals surface area contributed by atoms with E-state index in [1.54, 1.807) is 5.38 Å². The number of furan rings is 1. The molecular weight excluding hydrogens is 279 g/mol. The highest BCUT2D eigenvalue weighted by atomic mass is 32.1. The number of nitrogens with zero attached hydrogens (tertiary/aromatic N) is 1. The summed E-state index contributed by atoms with van der Waals surface area (Å²) in [6.45, 7) is 0.491. The summed E-state index contributed by atoms with van der Waals surface area (Å²) in [4.78, 5) is 16.5. The smallest absolute Gasteiger partial charge is 0.247 e. The topological polar surface area (TPSA) is 69.1 Å². The third-order valence-electron chi connectivity index (χ3n) is 2.84. The van der Waals surface area contributed by atoms with Gasteiger partial charge < -0.3 is 10.2 Å². The molecule has 0 aliphatic carbocycles. The highest BCUT2D eigenvalue weighted by Crippen LogP contribution is 2.23. The van der Waals surface area contributed by atoms with Crippen molar-refractivity contribution >= 4 is 28.1 Å². The lowest BCUT2D eigenvalue weighted by Gasteiger charge is -1.91. The zero-order chi connectivity index (χ0) is 14.1. The van der Waals surface area contributed by atoms with Gasteiger partial charge in [-0.15, -0.1) is 11.3 Å². The molecule has 2 aromatic heterocycles. The summed E-state index contributed by atoms with van der Waals surface area (Å²) >= 11 is 1.39. The van der Waals surface area contributed by atoms with Gasteiger partial charge in [-0.2, -0.15) is 0 Å². The Morgan fingerprint density at radius 3 is 3.05 bits per heavy atom. The van der Waals surface area contributed by atoms with Crippen molar-refractivity contribution in [2.75, 3.05) is 6.54 Å². The maximum atomic E-state index is 13.1. The number of carbonyl (C=O) groups excluding carboxylic acids is 1. The fourth-order valence-corrected chi connectivity index (χ4v) is 2.70. The highest BCUT2D eigenvalue weighted by molar-refractivity contribution is 7.09. The molecule has 0 fully saturated rings. The lowest BCUT2D eigenvalue weighted by Crippen LogP contribution is -2.04. The SMILES string of the molecule is NCCc1nc(C(=O)c2cc3cc(F)ccc3o2)cs1. The van der Waals surface area contributed by atoms with Gasteiger partial charge in [0.05, 0.1) is 5.01 Å². The van der Waals surface area contributed by atoms with Gasteiger partial charge in [0.25, 0.3) is 0 Å². The maximum absolute atomic E-state index is 13.1. The Kier molecular flexibility index (Phi) is 3.33. The molecule has 1 aromatic carbocycles. The van der Waals surface area contributed by atoms with Crippen LogP contribution in [-0.4, -0.2) is 17.3 Å². The molecule has 2 N–H and O–H groups in total. The quantitative estimate of drug-likeness (QED) is 0.750. The molecule has 0 saturated carbocycles. The second kappa shape index (κ2) is 5.15. The van der Waals surface area contributed by atoms with Crippen molar-refractivity contribution in [1.82, 2.24) is 4.98 Å². The van der Waals surface area contributed by atoms with Crippen molar-refractivity contribution in [2.24, 2.45) is 5.73 Å². The van der Waals surface area contributed by atoms with E-state index in [1.165, 1.54) is 35.6 Å². The van der Waals surface area contributed by atoms with E-state index in [-0.39, 0.29) is 17.4 Å². The van der Waals surface area contributed by atoms with Crippen LogP contribution >= 0.6 is 11.3 Å². The van der Waals surface area contributed by atoms with E-state index in [0.717, 1.165) is 5.01 Å². The molecule has 0 aliphatic rings. The first-order valence-electron chi connectivity index (χ1n) is 6.05. The van der Waals surface area contributed by atoms with E-state index in [0.29, 0.717) is 29.6 Å². The Balaban J connectivity index is 1.94. The van der Waals surface area contributed by atoms with Crippen LogP contribution in [0.3, 0.4) is 0 Å². The monoisotopic (exact) mass is 290 g/mol. The summed E-state index contributed by atoms with van der Waals surface area (Å²) in [5.74, 6) is -0.507. The van der Waals surface area contributed by atoms with E-state index in [9.17, 15) is 9.18 Å². The van der Waals surface area contributed by atoms with E-state index >= 15 is 0 Å². The molecule has 0 saturated heterocycles. The second-order valence-electron chi connectivity index (χ2n) is 4.29. The molecule has 0 unspecified atom stereocenters. The summed E-state index contributed by atoms with van der Waals surface area (Å²) in [6, 6.07) is 5.66. The molecular formula is C14H11FN2O2S. The Morgan fingerprint density at radius 2 is 2.25 bits per heavy atom. The Bertz CT molecular complexity index is 778. The largest absolute Gasteiger partial charge is 0.453 e. The third kappa shape index (κ3) is 2.35. The zero-order valence-electron chi connectivity index (χ0n) is 10.4. The molecule has 3 aromatic rings. The maximum Gasteiger partial charge on any atom is 0.247 e. The number of benzene rings is 1. The number of ketones is 1. The van der Waals surface area contributed by atoms with Crippen LogP contribution in [0, 0.1) is 5.82 Å². The number of thiazole rings is 1. The van der Waals surface area contributed by atoms with Crippen LogP contribution in [0.15, 0.2) is 34.1 Å². The molecule has 2 heterocycles. The first-order chi connectivity index (χ1) is 9.67. The molecule has 0 bridgehead atoms. The van der Waals surface area contributed by atoms with Crippen LogP contribution in [0.2, 0.25) is 0 Å². The molecule has 4 nitrogen and oxygen atoms in total. The number of fused-ring (bicyclic) bond motifs is 1. The molecule has 0 aliphatic heterocycles. The lowest BCUT2D eigenvalue weighted by atomic mass is 10.2. The van der Waals surface area contributed by atoms with E-state index in [4.69, 9.17) is 10.2 Å². The molecule has 102 valence electrons. The van der Waals surface area contributed by atoms with Crippen molar-refractivity contribution in [3.05, 3.63) is 51.9 Å². The van der Waals surface area contributed by atoms with Crippen LogP contribution in [0.4, 0.5) is 4.39 Å². The van der Waals surface area contributed by atoms with Gasteiger partial charge in [-0.05, 0) is 30.8 Å². The molecule has 20 heavy (non-hydrogen) atoms. The fourth-order valence-electron chi connectivity index (χ4n) is 1.91. The number of hydrogen-bond donors (Lipinski definition) is 1. The summed E-state index contributed by atoms with van der Waals surface area (Å²) in [5.41, 5.74) is 6.26. The van der Waals surface area contributed by atoms with Gasteiger partial charge >= 0.3 is 0 Å². The van der Waals surface area contributed by atoms with Crippen LogP contribution in [-0.2, 0) is 6.42 Å². The van der Waals surface area contributed by atoms with Gasteiger partial charge in [-0.1, -0.05) is 0 Å². The standard InChI is InChI=1S/C14H11FN2O2S/c15-9-1-2-11-8(5-9)6-12(19-11)14(18)10-7-20-13(17-10)3-4-16/h1-2,5-7H,3-4,16H2. The average molecular weight is 290 g/mol. The molecule has 0 radical (unpaired) electrons. The molecule has 0 spiro atoms. The number of aromatic nitrogens is 1. The van der Waals surface area contributed by atoms with Gasteiger partial charge in [0.1, 0.15) is 17.1 Å². The van der Waals surface area contributed by atoms with Crippen LogP contribution in [0.5, 0.6) is 0 Å². The van der Waals surface area contributed by atoms with Crippen molar-refractivity contribution in [2.45, 2.75) is 6.42 Å². The minimum Gasteiger partial charge on any atom is -0.453 e. The van der Waals surface area contributed by atoms with Gasteiger partial charge in [0, 0.05) is 17.2 Å². The van der Waals surface area contributed by atoms with Crippen molar-refractivity contribution in [3.8, 4) is 0 Å². The molecule has 3 rings (SSSR count). The minimum atomic E-state index is -0.365. The van der Waals surface area contributed by atoms with E-state index in [1.807, 2.05) is 0 Å². The number of hydrogen-bond acceptors (Lipinski definition) is 5. The number of carbonyl (C=O) groups is 1. The Morgan fingerprint density at radius 1 is 1.40 bits per heavy atom. The highest BCUT2D eigenvalue weighted by Gasteiger charge is 2.17.